The first kappa shape index (κ1) is 28.4. The van der Waals surface area contributed by atoms with E-state index in [1.54, 1.807) is 0 Å². The lowest BCUT2D eigenvalue weighted by atomic mass is 10.3. The summed E-state index contributed by atoms with van der Waals surface area (Å²) in [5.74, 6) is -1.29. The van der Waals surface area contributed by atoms with Crippen molar-refractivity contribution in [3.63, 3.8) is 0 Å². The van der Waals surface area contributed by atoms with Crippen LogP contribution in [0.5, 0.6) is 0 Å². The Bertz CT molecular complexity index is 1130. The van der Waals surface area contributed by atoms with Crippen LogP contribution in [0.2, 0.25) is 0 Å². The number of hydrogen-bond donors (Lipinski definition) is 6. The van der Waals surface area contributed by atoms with E-state index in [2.05, 4.69) is 20.1 Å². The minimum absolute atomic E-state index is 0.0552. The van der Waals surface area contributed by atoms with Gasteiger partial charge in [-0.15, -0.1) is 0 Å². The van der Waals surface area contributed by atoms with Gasteiger partial charge in [0.15, 0.2) is 0 Å². The second-order valence-electron chi connectivity index (χ2n) is 7.72. The zero-order valence-electron chi connectivity index (χ0n) is 19.1. The highest BCUT2D eigenvalue weighted by Crippen LogP contribution is 2.16. The largest absolute Gasteiger partial charge is 0.392 e. The van der Waals surface area contributed by atoms with Crippen LogP contribution < -0.4 is 20.1 Å². The molecule has 0 aliphatic carbocycles. The van der Waals surface area contributed by atoms with Crippen LogP contribution in [0.4, 0.5) is 11.4 Å². The maximum atomic E-state index is 12.1. The number of amides is 2. The second kappa shape index (κ2) is 12.2. The molecular formula is C21H28N4O8S2. The van der Waals surface area contributed by atoms with Gasteiger partial charge in [-0.1, -0.05) is 0 Å². The Morgan fingerprint density at radius 1 is 0.686 bits per heavy atom. The summed E-state index contributed by atoms with van der Waals surface area (Å²) < 4.78 is 52.9. The predicted molar refractivity (Wildman–Crippen MR) is 128 cm³/mol. The SMILES string of the molecule is CC(O)CNS(=O)(=O)c1ccc(NC(=O)CC(=O)Nc2ccc(S(=O)(=O)NCC(C)O)cc2)cc1. The molecule has 2 atom stereocenters. The van der Waals surface area contributed by atoms with Crippen molar-refractivity contribution < 1.29 is 36.6 Å². The Kier molecular flexibility index (Phi) is 9.88. The van der Waals surface area contributed by atoms with Crippen LogP contribution in [0, 0.1) is 0 Å². The maximum Gasteiger partial charge on any atom is 0.240 e. The van der Waals surface area contributed by atoms with E-state index in [1.807, 2.05) is 0 Å². The van der Waals surface area contributed by atoms with Gasteiger partial charge in [0, 0.05) is 24.5 Å². The molecule has 0 radical (unpaired) electrons. The van der Waals surface area contributed by atoms with Gasteiger partial charge in [0.2, 0.25) is 31.9 Å². The molecule has 0 fully saturated rings. The van der Waals surface area contributed by atoms with E-state index in [0.29, 0.717) is 0 Å². The highest BCUT2D eigenvalue weighted by atomic mass is 32.2. The van der Waals surface area contributed by atoms with Crippen LogP contribution >= 0.6 is 0 Å². The van der Waals surface area contributed by atoms with Gasteiger partial charge in [-0.05, 0) is 62.4 Å². The summed E-state index contributed by atoms with van der Waals surface area (Å²) >= 11 is 0. The molecular weight excluding hydrogens is 500 g/mol. The first-order chi connectivity index (χ1) is 16.3. The van der Waals surface area contributed by atoms with E-state index in [9.17, 15) is 36.6 Å². The van der Waals surface area contributed by atoms with Gasteiger partial charge in [0.05, 0.1) is 22.0 Å². The molecule has 2 aromatic rings. The molecule has 0 aliphatic rings. The first-order valence-corrected chi connectivity index (χ1v) is 13.4. The van der Waals surface area contributed by atoms with Crippen LogP contribution in [0.1, 0.15) is 20.3 Å². The lowest BCUT2D eigenvalue weighted by Crippen LogP contribution is -2.30. The topological polar surface area (TPSA) is 191 Å². The van der Waals surface area contributed by atoms with E-state index in [0.717, 1.165) is 0 Å². The van der Waals surface area contributed by atoms with E-state index in [4.69, 9.17) is 0 Å². The number of hydrogen-bond acceptors (Lipinski definition) is 8. The Morgan fingerprint density at radius 2 is 1.00 bits per heavy atom. The molecule has 0 spiro atoms. The van der Waals surface area contributed by atoms with Crippen molar-refractivity contribution in [2.24, 2.45) is 0 Å². The minimum atomic E-state index is -3.81. The smallest absolute Gasteiger partial charge is 0.240 e. The molecule has 0 saturated heterocycles. The average molecular weight is 529 g/mol. The number of aliphatic hydroxyl groups is 2. The van der Waals surface area contributed by atoms with Crippen molar-refractivity contribution in [1.82, 2.24) is 9.44 Å². The van der Waals surface area contributed by atoms with Gasteiger partial charge < -0.3 is 20.8 Å². The number of sulfonamides is 2. The highest BCUT2D eigenvalue weighted by molar-refractivity contribution is 7.89. The lowest BCUT2D eigenvalue weighted by Gasteiger charge is -2.10. The summed E-state index contributed by atoms with van der Waals surface area (Å²) in [6.45, 7) is 2.59. The van der Waals surface area contributed by atoms with Crippen molar-refractivity contribution in [1.29, 1.82) is 0 Å². The number of benzene rings is 2. The van der Waals surface area contributed by atoms with Crippen LogP contribution in [0.25, 0.3) is 0 Å². The van der Waals surface area contributed by atoms with Crippen molar-refractivity contribution in [3.05, 3.63) is 48.5 Å². The zero-order valence-corrected chi connectivity index (χ0v) is 20.7. The Balaban J connectivity index is 1.90. The zero-order chi connectivity index (χ0) is 26.2. The molecule has 0 bridgehead atoms. The Labute approximate surface area is 203 Å². The van der Waals surface area contributed by atoms with Crippen molar-refractivity contribution >= 4 is 43.2 Å². The number of anilines is 2. The molecule has 35 heavy (non-hydrogen) atoms. The highest BCUT2D eigenvalue weighted by Gasteiger charge is 2.17. The monoisotopic (exact) mass is 528 g/mol. The fourth-order valence-electron chi connectivity index (χ4n) is 2.62. The summed E-state index contributed by atoms with van der Waals surface area (Å²) in [7, 11) is -7.63. The summed E-state index contributed by atoms with van der Waals surface area (Å²) in [6, 6.07) is 10.5. The molecule has 2 rings (SSSR count). The quantitative estimate of drug-likeness (QED) is 0.207. The lowest BCUT2D eigenvalue weighted by molar-refractivity contribution is -0.123. The number of nitrogens with one attached hydrogen (secondary N) is 4. The van der Waals surface area contributed by atoms with Crippen LogP contribution in [0.3, 0.4) is 0 Å². The summed E-state index contributed by atoms with van der Waals surface area (Å²) in [6.07, 6.45) is -2.23. The summed E-state index contributed by atoms with van der Waals surface area (Å²) in [4.78, 5) is 24.2. The standard InChI is InChI=1S/C21H28N4O8S2/c1-14(26)12-22-34(30,31)18-7-3-16(4-8-18)24-20(28)11-21(29)25-17-5-9-19(10-6-17)35(32,33)23-13-15(2)27/h3-10,14-15,22-23,26-27H,11-13H2,1-2H3,(H,24,28)(H,25,29). The van der Waals surface area contributed by atoms with E-state index < -0.39 is 50.5 Å². The van der Waals surface area contributed by atoms with Crippen molar-refractivity contribution in [2.75, 3.05) is 23.7 Å². The van der Waals surface area contributed by atoms with Gasteiger partial charge in [-0.2, -0.15) is 0 Å². The maximum absolute atomic E-state index is 12.1. The molecule has 0 aromatic heterocycles. The molecule has 0 saturated carbocycles. The minimum Gasteiger partial charge on any atom is -0.392 e. The number of aliphatic hydroxyl groups excluding tert-OH is 2. The molecule has 2 amide bonds. The van der Waals surface area contributed by atoms with Crippen LogP contribution in [-0.2, 0) is 29.6 Å². The molecule has 14 heteroatoms. The summed E-state index contributed by atoms with van der Waals surface area (Å²) in [5, 5.41) is 23.4. The molecule has 0 heterocycles. The van der Waals surface area contributed by atoms with Crippen molar-refractivity contribution in [2.45, 2.75) is 42.3 Å². The van der Waals surface area contributed by atoms with E-state index in [1.165, 1.54) is 62.4 Å². The third-order valence-corrected chi connectivity index (χ3v) is 7.23. The fourth-order valence-corrected chi connectivity index (χ4v) is 4.86. The Hall–Kier alpha value is -2.88. The molecule has 192 valence electrons. The summed E-state index contributed by atoms with van der Waals surface area (Å²) in [5.41, 5.74) is 0.549. The number of carbonyl (C=O) groups is 2. The van der Waals surface area contributed by atoms with E-state index in [-0.39, 0.29) is 34.3 Å². The third kappa shape index (κ3) is 9.35. The van der Waals surface area contributed by atoms with Crippen molar-refractivity contribution in [3.8, 4) is 0 Å². The van der Waals surface area contributed by atoms with E-state index >= 15 is 0 Å². The molecule has 2 unspecified atom stereocenters. The fraction of sp³-hybridized carbons (Fsp3) is 0.333. The van der Waals surface area contributed by atoms with Gasteiger partial charge in [0.25, 0.3) is 0 Å². The van der Waals surface area contributed by atoms with Crippen LogP contribution in [0.15, 0.2) is 58.3 Å². The molecule has 6 N–H and O–H groups in total. The molecule has 2 aromatic carbocycles. The van der Waals surface area contributed by atoms with Gasteiger partial charge in [0.1, 0.15) is 6.42 Å². The molecule has 12 nitrogen and oxygen atoms in total. The average Bonchev–Trinajstić information content (AvgIpc) is 2.77. The first-order valence-electron chi connectivity index (χ1n) is 10.4. The normalized spacial score (nSPS) is 13.6. The molecule has 0 aliphatic heterocycles. The number of carbonyl (C=O) groups excluding carboxylic acids is 2. The number of rotatable bonds is 12. The third-order valence-electron chi connectivity index (χ3n) is 4.36. The predicted octanol–water partition coefficient (Wildman–Crippen LogP) is -0.0279. The Morgan fingerprint density at radius 3 is 1.29 bits per heavy atom. The second-order valence-corrected chi connectivity index (χ2v) is 11.3. The van der Waals surface area contributed by atoms with Gasteiger partial charge in [-0.3, -0.25) is 9.59 Å². The van der Waals surface area contributed by atoms with Gasteiger partial charge in [-0.25, -0.2) is 26.3 Å². The van der Waals surface area contributed by atoms with Gasteiger partial charge >= 0.3 is 0 Å². The van der Waals surface area contributed by atoms with Crippen LogP contribution in [-0.4, -0.2) is 64.2 Å².